The number of ether oxygens (including phenoxy) is 3. The molecule has 2 atom stereocenters. The van der Waals surface area contributed by atoms with E-state index in [1.165, 1.54) is 26.2 Å². The van der Waals surface area contributed by atoms with Gasteiger partial charge in [-0.1, -0.05) is 6.07 Å². The number of methoxy groups -OCH3 is 1. The molecule has 0 aromatic heterocycles. The Kier molecular flexibility index (Phi) is 6.29. The average Bonchev–Trinajstić information content (AvgIpc) is 2.45. The van der Waals surface area contributed by atoms with Crippen LogP contribution >= 0.6 is 0 Å². The number of aliphatic hydroxyl groups is 1. The molecule has 21 heavy (non-hydrogen) atoms. The summed E-state index contributed by atoms with van der Waals surface area (Å²) in [5.74, 6) is -1.63. The van der Waals surface area contributed by atoms with Gasteiger partial charge in [0.1, 0.15) is 6.10 Å². The Morgan fingerprint density at radius 1 is 1.29 bits per heavy atom. The smallest absolute Gasteiger partial charge is 0.387 e. The van der Waals surface area contributed by atoms with Crippen LogP contribution in [-0.2, 0) is 9.53 Å². The van der Waals surface area contributed by atoms with E-state index in [4.69, 9.17) is 4.74 Å². The molecule has 0 amide bonds. The van der Waals surface area contributed by atoms with Crippen molar-refractivity contribution < 1.29 is 37.3 Å². The van der Waals surface area contributed by atoms with Crippen LogP contribution in [0.4, 0.5) is 13.2 Å². The molecule has 8 heteroatoms. The minimum atomic E-state index is -3.11. The van der Waals surface area contributed by atoms with Crippen molar-refractivity contribution in [1.29, 1.82) is 0 Å². The zero-order valence-corrected chi connectivity index (χ0v) is 11.4. The van der Waals surface area contributed by atoms with Gasteiger partial charge in [0.25, 0.3) is 0 Å². The summed E-state index contributed by atoms with van der Waals surface area (Å²) in [6, 6.07) is 3.42. The number of alkyl halides is 3. The van der Waals surface area contributed by atoms with Crippen LogP contribution < -0.4 is 9.47 Å². The lowest BCUT2D eigenvalue weighted by Gasteiger charge is -2.17. The number of aliphatic hydroxyl groups excluding tert-OH is 1. The maximum Gasteiger partial charge on any atom is 0.387 e. The first-order chi connectivity index (χ1) is 9.90. The molecule has 2 unspecified atom stereocenters. The molecule has 1 aromatic rings. The molecule has 0 heterocycles. The van der Waals surface area contributed by atoms with E-state index < -0.39 is 24.9 Å². The number of benzene rings is 1. The van der Waals surface area contributed by atoms with E-state index in [0.717, 1.165) is 6.07 Å². The standard InChI is InChI=1S/C13H15F3O5/c1-3-20-12(18)10(14)11(17)7-4-5-8(19-2)9(6-7)21-13(15)16/h4-6,10-11,13,17H,3H2,1-2H3. The SMILES string of the molecule is CCOC(=O)C(F)C(O)c1ccc(OC)c(OC(F)F)c1. The lowest BCUT2D eigenvalue weighted by Crippen LogP contribution is -2.26. The van der Waals surface area contributed by atoms with Gasteiger partial charge in [-0.3, -0.25) is 0 Å². The third kappa shape index (κ3) is 4.52. The molecule has 0 aliphatic rings. The first-order valence-electron chi connectivity index (χ1n) is 6.02. The number of hydrogen-bond donors (Lipinski definition) is 1. The molecule has 1 rings (SSSR count). The van der Waals surface area contributed by atoms with Crippen LogP contribution in [0.25, 0.3) is 0 Å². The van der Waals surface area contributed by atoms with Crippen molar-refractivity contribution >= 4 is 5.97 Å². The van der Waals surface area contributed by atoms with Gasteiger partial charge >= 0.3 is 12.6 Å². The van der Waals surface area contributed by atoms with Crippen LogP contribution in [-0.4, -0.2) is 37.6 Å². The molecule has 0 bridgehead atoms. The van der Waals surface area contributed by atoms with Gasteiger partial charge in [-0.05, 0) is 24.6 Å². The van der Waals surface area contributed by atoms with E-state index in [9.17, 15) is 23.1 Å². The second kappa shape index (κ2) is 7.72. The Labute approximate surface area is 119 Å². The number of carbonyl (C=O) groups is 1. The van der Waals surface area contributed by atoms with Gasteiger partial charge in [-0.2, -0.15) is 8.78 Å². The third-order valence-electron chi connectivity index (χ3n) is 2.53. The summed E-state index contributed by atoms with van der Waals surface area (Å²) >= 11 is 0. The molecule has 0 aliphatic carbocycles. The van der Waals surface area contributed by atoms with Gasteiger partial charge in [-0.15, -0.1) is 0 Å². The highest BCUT2D eigenvalue weighted by Crippen LogP contribution is 2.33. The van der Waals surface area contributed by atoms with E-state index in [2.05, 4.69) is 9.47 Å². The van der Waals surface area contributed by atoms with E-state index in [0.29, 0.717) is 0 Å². The van der Waals surface area contributed by atoms with Crippen molar-refractivity contribution in [2.45, 2.75) is 25.8 Å². The van der Waals surface area contributed by atoms with Crippen LogP contribution in [0.3, 0.4) is 0 Å². The third-order valence-corrected chi connectivity index (χ3v) is 2.53. The molecule has 0 aliphatic heterocycles. The Balaban J connectivity index is 2.99. The van der Waals surface area contributed by atoms with Crippen LogP contribution in [0, 0.1) is 0 Å². The molecule has 0 spiro atoms. The second-order valence-electron chi connectivity index (χ2n) is 3.89. The number of carbonyl (C=O) groups excluding carboxylic acids is 1. The zero-order valence-electron chi connectivity index (χ0n) is 11.4. The van der Waals surface area contributed by atoms with Crippen molar-refractivity contribution in [3.05, 3.63) is 23.8 Å². The van der Waals surface area contributed by atoms with Crippen LogP contribution in [0.2, 0.25) is 0 Å². The monoisotopic (exact) mass is 308 g/mol. The summed E-state index contributed by atoms with van der Waals surface area (Å²) in [4.78, 5) is 11.2. The number of esters is 1. The molecule has 0 fully saturated rings. The largest absolute Gasteiger partial charge is 0.493 e. The van der Waals surface area contributed by atoms with Gasteiger partial charge in [0.2, 0.25) is 6.17 Å². The van der Waals surface area contributed by atoms with Crippen LogP contribution in [0.1, 0.15) is 18.6 Å². The fourth-order valence-corrected chi connectivity index (χ4v) is 1.59. The predicted molar refractivity (Wildman–Crippen MR) is 66.1 cm³/mol. The molecule has 5 nitrogen and oxygen atoms in total. The topological polar surface area (TPSA) is 65.0 Å². The lowest BCUT2D eigenvalue weighted by atomic mass is 10.0. The number of halogens is 3. The van der Waals surface area contributed by atoms with Crippen molar-refractivity contribution in [2.75, 3.05) is 13.7 Å². The maximum absolute atomic E-state index is 13.7. The fourth-order valence-electron chi connectivity index (χ4n) is 1.59. The second-order valence-corrected chi connectivity index (χ2v) is 3.89. The van der Waals surface area contributed by atoms with Crippen LogP contribution in [0.5, 0.6) is 11.5 Å². The fraction of sp³-hybridized carbons (Fsp3) is 0.462. The number of hydrogen-bond acceptors (Lipinski definition) is 5. The normalized spacial score (nSPS) is 13.7. The van der Waals surface area contributed by atoms with Gasteiger partial charge in [-0.25, -0.2) is 9.18 Å². The minimum absolute atomic E-state index is 0.0159. The first-order valence-corrected chi connectivity index (χ1v) is 6.02. The summed E-state index contributed by atoms with van der Waals surface area (Å²) in [7, 11) is 1.24. The molecule has 1 N–H and O–H groups in total. The lowest BCUT2D eigenvalue weighted by molar-refractivity contribution is -0.153. The molecule has 1 aromatic carbocycles. The maximum atomic E-state index is 13.7. The summed E-state index contributed by atoms with van der Waals surface area (Å²) < 4.78 is 51.7. The molecular formula is C13H15F3O5. The Morgan fingerprint density at radius 2 is 1.95 bits per heavy atom. The molecule has 0 saturated carbocycles. The molecule has 0 radical (unpaired) electrons. The molecule has 118 valence electrons. The van der Waals surface area contributed by atoms with Crippen molar-refractivity contribution in [1.82, 2.24) is 0 Å². The first kappa shape index (κ1) is 17.1. The van der Waals surface area contributed by atoms with Crippen molar-refractivity contribution in [3.8, 4) is 11.5 Å². The highest BCUT2D eigenvalue weighted by molar-refractivity contribution is 5.75. The quantitative estimate of drug-likeness (QED) is 0.783. The van der Waals surface area contributed by atoms with Gasteiger partial charge in [0.05, 0.1) is 13.7 Å². The summed E-state index contributed by atoms with van der Waals surface area (Å²) in [6.07, 6.45) is -4.20. The predicted octanol–water partition coefficient (Wildman–Crippen LogP) is 2.23. The highest BCUT2D eigenvalue weighted by atomic mass is 19.3. The van der Waals surface area contributed by atoms with E-state index >= 15 is 0 Å². The Morgan fingerprint density at radius 3 is 2.48 bits per heavy atom. The summed E-state index contributed by atoms with van der Waals surface area (Å²) in [6.45, 7) is -1.68. The van der Waals surface area contributed by atoms with E-state index in [-0.39, 0.29) is 23.7 Å². The summed E-state index contributed by atoms with van der Waals surface area (Å²) in [5, 5.41) is 9.75. The highest BCUT2D eigenvalue weighted by Gasteiger charge is 2.30. The van der Waals surface area contributed by atoms with E-state index in [1.54, 1.807) is 0 Å². The summed E-state index contributed by atoms with van der Waals surface area (Å²) in [5.41, 5.74) is -0.119. The van der Waals surface area contributed by atoms with Gasteiger partial charge < -0.3 is 19.3 Å². The van der Waals surface area contributed by atoms with E-state index in [1.807, 2.05) is 0 Å². The Bertz CT molecular complexity index is 481. The minimum Gasteiger partial charge on any atom is -0.493 e. The Hall–Kier alpha value is -1.96. The molecular weight excluding hydrogens is 293 g/mol. The van der Waals surface area contributed by atoms with Crippen molar-refractivity contribution in [2.24, 2.45) is 0 Å². The zero-order chi connectivity index (χ0) is 16.0. The van der Waals surface area contributed by atoms with Gasteiger partial charge in [0.15, 0.2) is 11.5 Å². The average molecular weight is 308 g/mol. The van der Waals surface area contributed by atoms with Crippen molar-refractivity contribution in [3.63, 3.8) is 0 Å². The van der Waals surface area contributed by atoms with Crippen LogP contribution in [0.15, 0.2) is 18.2 Å². The van der Waals surface area contributed by atoms with Gasteiger partial charge in [0, 0.05) is 0 Å². The number of rotatable bonds is 7. The molecule has 0 saturated heterocycles.